The van der Waals surface area contributed by atoms with Crippen LogP contribution in [0.3, 0.4) is 0 Å². The molecule has 3 rings (SSSR count). The molecule has 5 nitrogen and oxygen atoms in total. The molecule has 0 aliphatic carbocycles. The van der Waals surface area contributed by atoms with E-state index in [0.717, 1.165) is 11.3 Å². The highest BCUT2D eigenvalue weighted by Crippen LogP contribution is 2.29. The second-order valence-electron chi connectivity index (χ2n) is 5.69. The molecule has 1 aromatic carbocycles. The molecule has 0 saturated heterocycles. The lowest BCUT2D eigenvalue weighted by Crippen LogP contribution is -2.29. The minimum Gasteiger partial charge on any atom is -0.459 e. The molecular weight excluding hydrogens is 336 g/mol. The number of nitrogens with zero attached hydrogens (tertiary/aromatic N) is 1. The Morgan fingerprint density at radius 3 is 2.64 bits per heavy atom. The van der Waals surface area contributed by atoms with E-state index in [-0.39, 0.29) is 12.0 Å². The maximum absolute atomic E-state index is 12.5. The van der Waals surface area contributed by atoms with Crippen molar-refractivity contribution in [3.63, 3.8) is 0 Å². The van der Waals surface area contributed by atoms with Crippen molar-refractivity contribution in [2.45, 2.75) is 20.0 Å². The number of benzene rings is 1. The molecule has 2 aromatic heterocycles. The number of rotatable bonds is 6. The van der Waals surface area contributed by atoms with Crippen LogP contribution < -0.4 is 5.32 Å². The Morgan fingerprint density at radius 2 is 2.00 bits per heavy atom. The van der Waals surface area contributed by atoms with Gasteiger partial charge in [-0.2, -0.15) is 0 Å². The quantitative estimate of drug-likeness (QED) is 0.721. The highest BCUT2D eigenvalue weighted by molar-refractivity contribution is 7.17. The molecule has 25 heavy (non-hydrogen) atoms. The third-order valence-corrected chi connectivity index (χ3v) is 5.03. The van der Waals surface area contributed by atoms with E-state index in [4.69, 9.17) is 9.15 Å². The maximum atomic E-state index is 12.5. The van der Waals surface area contributed by atoms with E-state index in [1.807, 2.05) is 56.3 Å². The monoisotopic (exact) mass is 356 g/mol. The zero-order valence-corrected chi connectivity index (χ0v) is 15.2. The van der Waals surface area contributed by atoms with Crippen molar-refractivity contribution in [3.05, 3.63) is 64.4 Å². The van der Waals surface area contributed by atoms with Crippen LogP contribution in [-0.4, -0.2) is 24.5 Å². The summed E-state index contributed by atoms with van der Waals surface area (Å²) in [6, 6.07) is 13.6. The fourth-order valence-corrected chi connectivity index (χ4v) is 3.48. The number of aryl methyl sites for hydroxylation is 2. The summed E-state index contributed by atoms with van der Waals surface area (Å²) >= 11 is 1.33. The number of thiazole rings is 1. The first-order valence-corrected chi connectivity index (χ1v) is 8.80. The molecule has 1 atom stereocenters. The largest absolute Gasteiger partial charge is 0.459 e. The number of aromatic nitrogens is 1. The highest BCUT2D eigenvalue weighted by Gasteiger charge is 2.19. The minimum atomic E-state index is -0.189. The van der Waals surface area contributed by atoms with Crippen LogP contribution in [0.2, 0.25) is 0 Å². The van der Waals surface area contributed by atoms with Gasteiger partial charge in [-0.1, -0.05) is 30.3 Å². The summed E-state index contributed by atoms with van der Waals surface area (Å²) in [5.41, 5.74) is 1.72. The SMILES string of the molecule is COC(CNC(=O)c1sc(-c2ccc(C)o2)nc1C)c1ccccc1. The number of furan rings is 1. The summed E-state index contributed by atoms with van der Waals surface area (Å²) in [5.74, 6) is 1.35. The van der Waals surface area contributed by atoms with E-state index >= 15 is 0 Å². The summed E-state index contributed by atoms with van der Waals surface area (Å²) in [7, 11) is 1.64. The minimum absolute atomic E-state index is 0.150. The summed E-state index contributed by atoms with van der Waals surface area (Å²) in [4.78, 5) is 17.6. The van der Waals surface area contributed by atoms with Gasteiger partial charge in [0.1, 0.15) is 10.6 Å². The average Bonchev–Trinajstić information content (AvgIpc) is 3.22. The maximum Gasteiger partial charge on any atom is 0.263 e. The van der Waals surface area contributed by atoms with Gasteiger partial charge in [0.25, 0.3) is 5.91 Å². The van der Waals surface area contributed by atoms with Gasteiger partial charge >= 0.3 is 0 Å². The van der Waals surface area contributed by atoms with Crippen molar-refractivity contribution in [2.75, 3.05) is 13.7 Å². The van der Waals surface area contributed by atoms with Gasteiger partial charge in [0, 0.05) is 13.7 Å². The molecule has 2 heterocycles. The zero-order chi connectivity index (χ0) is 17.8. The standard InChI is InChI=1S/C19H20N2O3S/c1-12-9-10-15(24-12)19-21-13(2)17(25-19)18(22)20-11-16(23-3)14-7-5-4-6-8-14/h4-10,16H,11H2,1-3H3,(H,20,22). The summed E-state index contributed by atoms with van der Waals surface area (Å²) in [6.07, 6.45) is -0.189. The number of hydrogen-bond acceptors (Lipinski definition) is 5. The number of amides is 1. The molecule has 3 aromatic rings. The van der Waals surface area contributed by atoms with Crippen molar-refractivity contribution in [3.8, 4) is 10.8 Å². The van der Waals surface area contributed by atoms with Crippen LogP contribution in [-0.2, 0) is 4.74 Å². The predicted octanol–water partition coefficient (Wildman–Crippen LogP) is 4.14. The lowest BCUT2D eigenvalue weighted by molar-refractivity contribution is 0.0830. The molecule has 0 saturated carbocycles. The van der Waals surface area contributed by atoms with Crippen molar-refractivity contribution in [1.82, 2.24) is 10.3 Å². The second-order valence-corrected chi connectivity index (χ2v) is 6.69. The van der Waals surface area contributed by atoms with Crippen molar-refractivity contribution in [2.24, 2.45) is 0 Å². The summed E-state index contributed by atoms with van der Waals surface area (Å²) < 4.78 is 11.1. The molecule has 130 valence electrons. The fraction of sp³-hybridized carbons (Fsp3) is 0.263. The second kappa shape index (κ2) is 7.63. The molecule has 0 fully saturated rings. The number of carbonyl (C=O) groups excluding carboxylic acids is 1. The normalized spacial score (nSPS) is 12.1. The molecule has 6 heteroatoms. The van der Waals surface area contributed by atoms with E-state index in [9.17, 15) is 4.79 Å². The van der Waals surface area contributed by atoms with Gasteiger partial charge in [-0.25, -0.2) is 4.98 Å². The number of hydrogen-bond donors (Lipinski definition) is 1. The van der Waals surface area contributed by atoms with Crippen LogP contribution in [0.25, 0.3) is 10.8 Å². The third kappa shape index (κ3) is 3.97. The van der Waals surface area contributed by atoms with Gasteiger partial charge < -0.3 is 14.5 Å². The lowest BCUT2D eigenvalue weighted by Gasteiger charge is -2.16. The van der Waals surface area contributed by atoms with Crippen molar-refractivity contribution in [1.29, 1.82) is 0 Å². The van der Waals surface area contributed by atoms with E-state index in [1.54, 1.807) is 7.11 Å². The number of ether oxygens (including phenoxy) is 1. The number of methoxy groups -OCH3 is 1. The Labute approximate surface area is 150 Å². The van der Waals surface area contributed by atoms with Crippen LogP contribution in [0.1, 0.15) is 32.8 Å². The zero-order valence-electron chi connectivity index (χ0n) is 14.4. The molecule has 1 amide bonds. The first kappa shape index (κ1) is 17.4. The molecule has 1 unspecified atom stereocenters. The summed E-state index contributed by atoms with van der Waals surface area (Å²) in [6.45, 7) is 4.10. The molecule has 0 bridgehead atoms. The van der Waals surface area contributed by atoms with Gasteiger partial charge in [0.05, 0.1) is 11.8 Å². The predicted molar refractivity (Wildman–Crippen MR) is 97.8 cm³/mol. The van der Waals surface area contributed by atoms with Crippen LogP contribution >= 0.6 is 11.3 Å². The van der Waals surface area contributed by atoms with Gasteiger partial charge in [0.15, 0.2) is 10.8 Å². The summed E-state index contributed by atoms with van der Waals surface area (Å²) in [5, 5.41) is 3.65. The Kier molecular flexibility index (Phi) is 5.31. The fourth-order valence-electron chi connectivity index (χ4n) is 2.53. The van der Waals surface area contributed by atoms with Crippen LogP contribution in [0, 0.1) is 13.8 Å². The molecule has 0 radical (unpaired) electrons. The third-order valence-electron chi connectivity index (χ3n) is 3.86. The molecular formula is C19H20N2O3S. The Balaban J connectivity index is 1.70. The number of nitrogens with one attached hydrogen (secondary N) is 1. The number of carbonyl (C=O) groups is 1. The highest BCUT2D eigenvalue weighted by atomic mass is 32.1. The van der Waals surface area contributed by atoms with Gasteiger partial charge in [0.2, 0.25) is 0 Å². The van der Waals surface area contributed by atoms with Gasteiger partial charge in [-0.3, -0.25) is 4.79 Å². The average molecular weight is 356 g/mol. The van der Waals surface area contributed by atoms with Crippen LogP contribution in [0.4, 0.5) is 0 Å². The first-order valence-electron chi connectivity index (χ1n) is 7.98. The van der Waals surface area contributed by atoms with E-state index in [2.05, 4.69) is 10.3 Å². The van der Waals surface area contributed by atoms with E-state index in [1.165, 1.54) is 11.3 Å². The molecule has 0 aliphatic rings. The van der Waals surface area contributed by atoms with Gasteiger partial charge in [-0.05, 0) is 31.5 Å². The Bertz CT molecular complexity index is 855. The van der Waals surface area contributed by atoms with E-state index in [0.29, 0.717) is 27.9 Å². The van der Waals surface area contributed by atoms with Crippen molar-refractivity contribution < 1.29 is 13.9 Å². The van der Waals surface area contributed by atoms with Gasteiger partial charge in [-0.15, -0.1) is 11.3 Å². The van der Waals surface area contributed by atoms with Crippen LogP contribution in [0.15, 0.2) is 46.9 Å². The smallest absolute Gasteiger partial charge is 0.263 e. The van der Waals surface area contributed by atoms with Crippen LogP contribution in [0.5, 0.6) is 0 Å². The Hall–Kier alpha value is -2.44. The lowest BCUT2D eigenvalue weighted by atomic mass is 10.1. The van der Waals surface area contributed by atoms with E-state index < -0.39 is 0 Å². The first-order chi connectivity index (χ1) is 12.1. The molecule has 0 spiro atoms. The Morgan fingerprint density at radius 1 is 1.24 bits per heavy atom. The van der Waals surface area contributed by atoms with Crippen molar-refractivity contribution >= 4 is 17.2 Å². The molecule has 0 aliphatic heterocycles. The topological polar surface area (TPSA) is 64.4 Å². The molecule has 1 N–H and O–H groups in total.